The Kier molecular flexibility index (Phi) is 5.31. The zero-order valence-corrected chi connectivity index (χ0v) is 12.6. The summed E-state index contributed by atoms with van der Waals surface area (Å²) in [4.78, 5) is 0. The first-order valence-electron chi connectivity index (χ1n) is 6.55. The molecule has 0 unspecified atom stereocenters. The maximum Gasteiger partial charge on any atom is 0.435 e. The maximum absolute atomic E-state index is 13.6. The fraction of sp³-hybridized carbons (Fsp3) is 0.333. The highest BCUT2D eigenvalue weighted by Gasteiger charge is 2.37. The van der Waals surface area contributed by atoms with Crippen molar-refractivity contribution in [3.63, 3.8) is 0 Å². The summed E-state index contributed by atoms with van der Waals surface area (Å²) < 4.78 is 53.3. The van der Waals surface area contributed by atoms with Crippen LogP contribution in [-0.2, 0) is 13.2 Å². The normalized spacial score (nSPS) is 10.7. The fourth-order valence-corrected chi connectivity index (χ4v) is 1.89. The van der Waals surface area contributed by atoms with Gasteiger partial charge in [0.05, 0.1) is 11.6 Å². The van der Waals surface area contributed by atoms with Crippen LogP contribution in [0.25, 0.3) is 11.1 Å². The smallest absolute Gasteiger partial charge is 0.275 e. The Balaban J connectivity index is 0.00000116. The molecular formula is C15H15F4N3. The lowest BCUT2D eigenvalue weighted by Gasteiger charge is -2.08. The van der Waals surface area contributed by atoms with E-state index in [1.54, 1.807) is 6.07 Å². The average Bonchev–Trinajstić information content (AvgIpc) is 2.85. The van der Waals surface area contributed by atoms with Gasteiger partial charge in [-0.25, -0.2) is 4.39 Å². The summed E-state index contributed by atoms with van der Waals surface area (Å²) in [6, 6.07) is 3.93. The van der Waals surface area contributed by atoms with E-state index in [4.69, 9.17) is 5.26 Å². The Morgan fingerprint density at radius 2 is 1.77 bits per heavy atom. The van der Waals surface area contributed by atoms with Gasteiger partial charge in [0.1, 0.15) is 5.82 Å². The zero-order valence-electron chi connectivity index (χ0n) is 12.6. The molecule has 0 aliphatic heterocycles. The second-order valence-corrected chi connectivity index (χ2v) is 4.32. The van der Waals surface area contributed by atoms with E-state index in [0.717, 1.165) is 16.9 Å². The van der Waals surface area contributed by atoms with Gasteiger partial charge in [-0.1, -0.05) is 13.8 Å². The number of benzene rings is 1. The molecular weight excluding hydrogens is 298 g/mol. The van der Waals surface area contributed by atoms with Crippen LogP contribution in [-0.4, -0.2) is 9.78 Å². The Bertz CT molecular complexity index is 709. The monoisotopic (exact) mass is 313 g/mol. The van der Waals surface area contributed by atoms with Crippen LogP contribution in [0.15, 0.2) is 18.3 Å². The van der Waals surface area contributed by atoms with Crippen molar-refractivity contribution in [2.45, 2.75) is 26.9 Å². The molecule has 1 heterocycles. The lowest BCUT2D eigenvalue weighted by atomic mass is 9.98. The first-order chi connectivity index (χ1) is 10.2. The van der Waals surface area contributed by atoms with Crippen molar-refractivity contribution in [3.05, 3.63) is 41.0 Å². The highest BCUT2D eigenvalue weighted by atomic mass is 19.4. The largest absolute Gasteiger partial charge is 0.435 e. The van der Waals surface area contributed by atoms with Crippen LogP contribution in [0.3, 0.4) is 0 Å². The lowest BCUT2D eigenvalue weighted by Crippen LogP contribution is -2.08. The molecule has 0 bridgehead atoms. The van der Waals surface area contributed by atoms with E-state index in [1.807, 2.05) is 13.8 Å². The number of rotatable bonds is 1. The first-order valence-corrected chi connectivity index (χ1v) is 6.55. The summed E-state index contributed by atoms with van der Waals surface area (Å²) >= 11 is 0. The Morgan fingerprint density at radius 3 is 2.27 bits per heavy atom. The summed E-state index contributed by atoms with van der Waals surface area (Å²) in [5.74, 6) is -0.670. The van der Waals surface area contributed by atoms with Gasteiger partial charge in [-0.15, -0.1) is 0 Å². The molecule has 0 aliphatic rings. The molecule has 0 aliphatic carbocycles. The Labute approximate surface area is 125 Å². The van der Waals surface area contributed by atoms with Crippen LogP contribution in [0, 0.1) is 24.1 Å². The molecule has 2 rings (SSSR count). The molecule has 2 aromatic rings. The first kappa shape index (κ1) is 17.7. The van der Waals surface area contributed by atoms with Crippen LogP contribution >= 0.6 is 0 Å². The van der Waals surface area contributed by atoms with Gasteiger partial charge in [0, 0.05) is 24.4 Å². The molecule has 1 aromatic heterocycles. The molecule has 0 saturated heterocycles. The van der Waals surface area contributed by atoms with Crippen molar-refractivity contribution in [1.29, 1.82) is 5.26 Å². The number of nitrogens with zero attached hydrogens (tertiary/aromatic N) is 3. The third kappa shape index (κ3) is 3.45. The van der Waals surface area contributed by atoms with Gasteiger partial charge < -0.3 is 0 Å². The number of halogens is 4. The second-order valence-electron chi connectivity index (χ2n) is 4.32. The van der Waals surface area contributed by atoms with E-state index in [1.165, 1.54) is 20.0 Å². The van der Waals surface area contributed by atoms with Crippen LogP contribution in [0.2, 0.25) is 0 Å². The number of aryl methyl sites for hydroxylation is 2. The minimum atomic E-state index is -4.68. The molecule has 0 fully saturated rings. The molecule has 0 radical (unpaired) electrons. The van der Waals surface area contributed by atoms with Gasteiger partial charge >= 0.3 is 6.18 Å². The van der Waals surface area contributed by atoms with Gasteiger partial charge in [-0.05, 0) is 24.6 Å². The lowest BCUT2D eigenvalue weighted by molar-refractivity contribution is -0.140. The highest BCUT2D eigenvalue weighted by molar-refractivity contribution is 5.73. The Hall–Kier alpha value is -2.36. The molecule has 22 heavy (non-hydrogen) atoms. The van der Waals surface area contributed by atoms with Crippen LogP contribution in [0.4, 0.5) is 17.6 Å². The van der Waals surface area contributed by atoms with E-state index in [2.05, 4.69) is 5.10 Å². The minimum absolute atomic E-state index is 0.0256. The zero-order chi connectivity index (χ0) is 17.1. The van der Waals surface area contributed by atoms with Gasteiger partial charge in [0.25, 0.3) is 0 Å². The summed E-state index contributed by atoms with van der Waals surface area (Å²) in [7, 11) is 1.33. The van der Waals surface area contributed by atoms with E-state index in [9.17, 15) is 17.6 Å². The summed E-state index contributed by atoms with van der Waals surface area (Å²) in [6.07, 6.45) is -3.56. The van der Waals surface area contributed by atoms with Gasteiger partial charge in [0.2, 0.25) is 0 Å². The second kappa shape index (κ2) is 6.60. The molecule has 0 amide bonds. The van der Waals surface area contributed by atoms with E-state index < -0.39 is 17.7 Å². The molecule has 118 valence electrons. The topological polar surface area (TPSA) is 41.6 Å². The van der Waals surface area contributed by atoms with Crippen molar-refractivity contribution in [1.82, 2.24) is 9.78 Å². The summed E-state index contributed by atoms with van der Waals surface area (Å²) in [5.41, 5.74) is -1.39. The van der Waals surface area contributed by atoms with Crippen molar-refractivity contribution in [3.8, 4) is 17.2 Å². The predicted octanol–water partition coefficient (Wildman–Crippen LogP) is 4.45. The van der Waals surface area contributed by atoms with Crippen molar-refractivity contribution >= 4 is 0 Å². The Morgan fingerprint density at radius 1 is 1.18 bits per heavy atom. The highest BCUT2D eigenvalue weighted by Crippen LogP contribution is 2.37. The fourth-order valence-electron chi connectivity index (χ4n) is 1.89. The van der Waals surface area contributed by atoms with Crippen LogP contribution in [0.1, 0.15) is 30.7 Å². The maximum atomic E-state index is 13.6. The van der Waals surface area contributed by atoms with E-state index in [-0.39, 0.29) is 22.3 Å². The number of nitriles is 1. The number of hydrogen-bond donors (Lipinski definition) is 0. The molecule has 0 atom stereocenters. The van der Waals surface area contributed by atoms with Crippen LogP contribution < -0.4 is 0 Å². The quantitative estimate of drug-likeness (QED) is 0.730. The minimum Gasteiger partial charge on any atom is -0.275 e. The standard InChI is InChI=1S/C13H9F4N3.C2H6/c1-7-3-8(5-18)9(4-11(7)14)10-6-20(2)19-12(10)13(15,16)17;1-2/h3-4,6H,1-2H3;1-2H3. The number of alkyl halides is 3. The third-order valence-electron chi connectivity index (χ3n) is 2.81. The van der Waals surface area contributed by atoms with E-state index >= 15 is 0 Å². The van der Waals surface area contributed by atoms with Crippen LogP contribution in [0.5, 0.6) is 0 Å². The molecule has 0 saturated carbocycles. The van der Waals surface area contributed by atoms with Gasteiger partial charge in [0.15, 0.2) is 5.69 Å². The van der Waals surface area contributed by atoms with Crippen molar-refractivity contribution in [2.75, 3.05) is 0 Å². The molecule has 1 aromatic carbocycles. The van der Waals surface area contributed by atoms with Crippen molar-refractivity contribution < 1.29 is 17.6 Å². The van der Waals surface area contributed by atoms with Gasteiger partial charge in [-0.2, -0.15) is 23.5 Å². The molecule has 3 nitrogen and oxygen atoms in total. The third-order valence-corrected chi connectivity index (χ3v) is 2.81. The molecule has 0 N–H and O–H groups in total. The molecule has 7 heteroatoms. The average molecular weight is 313 g/mol. The predicted molar refractivity (Wildman–Crippen MR) is 74.4 cm³/mol. The van der Waals surface area contributed by atoms with E-state index in [0.29, 0.717) is 0 Å². The van der Waals surface area contributed by atoms with Crippen molar-refractivity contribution in [2.24, 2.45) is 7.05 Å². The number of aromatic nitrogens is 2. The molecule has 0 spiro atoms. The van der Waals surface area contributed by atoms with Gasteiger partial charge in [-0.3, -0.25) is 4.68 Å². The summed E-state index contributed by atoms with van der Waals surface area (Å²) in [5, 5.41) is 12.4. The number of hydrogen-bond acceptors (Lipinski definition) is 2. The summed E-state index contributed by atoms with van der Waals surface area (Å²) in [6.45, 7) is 5.44. The SMILES string of the molecule is CC.Cc1cc(C#N)c(-c2cn(C)nc2C(F)(F)F)cc1F.